The van der Waals surface area contributed by atoms with E-state index in [1.54, 1.807) is 0 Å². The highest BCUT2D eigenvalue weighted by Gasteiger charge is 2.34. The molecular formula is C18H36N2. The SMILES string of the molecule is CCCC(C)(CNCC)CN1CCC2CCCCC2C1. The van der Waals surface area contributed by atoms with Crippen molar-refractivity contribution in [2.24, 2.45) is 17.3 Å². The molecule has 1 aliphatic heterocycles. The summed E-state index contributed by atoms with van der Waals surface area (Å²) in [5.41, 5.74) is 0.465. The second kappa shape index (κ2) is 7.79. The van der Waals surface area contributed by atoms with Gasteiger partial charge in [0.15, 0.2) is 0 Å². The molecule has 0 aromatic rings. The van der Waals surface area contributed by atoms with E-state index in [2.05, 4.69) is 31.0 Å². The van der Waals surface area contributed by atoms with Crippen LogP contribution in [0.4, 0.5) is 0 Å². The molecule has 20 heavy (non-hydrogen) atoms. The van der Waals surface area contributed by atoms with Crippen LogP contribution in [-0.2, 0) is 0 Å². The first-order chi connectivity index (χ1) is 9.67. The number of piperidine rings is 1. The van der Waals surface area contributed by atoms with Crippen LogP contribution in [0.3, 0.4) is 0 Å². The van der Waals surface area contributed by atoms with Gasteiger partial charge >= 0.3 is 0 Å². The van der Waals surface area contributed by atoms with E-state index in [1.165, 1.54) is 71.1 Å². The normalized spacial score (nSPS) is 30.8. The molecule has 2 heteroatoms. The predicted molar refractivity (Wildman–Crippen MR) is 88.1 cm³/mol. The van der Waals surface area contributed by atoms with Crippen molar-refractivity contribution in [3.63, 3.8) is 0 Å². The van der Waals surface area contributed by atoms with E-state index >= 15 is 0 Å². The molecule has 0 spiro atoms. The molecule has 0 radical (unpaired) electrons. The molecule has 0 amide bonds. The van der Waals surface area contributed by atoms with Gasteiger partial charge in [-0.05, 0) is 49.6 Å². The summed E-state index contributed by atoms with van der Waals surface area (Å²) < 4.78 is 0. The molecule has 2 aliphatic rings. The molecule has 3 unspecified atom stereocenters. The minimum Gasteiger partial charge on any atom is -0.316 e. The van der Waals surface area contributed by atoms with Crippen molar-refractivity contribution in [3.8, 4) is 0 Å². The van der Waals surface area contributed by atoms with Crippen LogP contribution in [0.2, 0.25) is 0 Å². The van der Waals surface area contributed by atoms with Gasteiger partial charge in [0.05, 0.1) is 0 Å². The van der Waals surface area contributed by atoms with E-state index in [1.807, 2.05) is 0 Å². The smallest absolute Gasteiger partial charge is 0.00476 e. The molecule has 2 fully saturated rings. The summed E-state index contributed by atoms with van der Waals surface area (Å²) in [6.45, 7) is 13.4. The molecule has 3 atom stereocenters. The number of nitrogens with one attached hydrogen (secondary N) is 1. The topological polar surface area (TPSA) is 15.3 Å². The number of rotatable bonds is 7. The van der Waals surface area contributed by atoms with E-state index in [-0.39, 0.29) is 0 Å². The molecule has 1 saturated heterocycles. The molecule has 1 aliphatic carbocycles. The summed E-state index contributed by atoms with van der Waals surface area (Å²) in [6, 6.07) is 0. The molecule has 1 heterocycles. The van der Waals surface area contributed by atoms with Crippen LogP contribution in [0, 0.1) is 17.3 Å². The van der Waals surface area contributed by atoms with Gasteiger partial charge in [0.1, 0.15) is 0 Å². The zero-order valence-corrected chi connectivity index (χ0v) is 14.1. The molecule has 0 aromatic carbocycles. The lowest BCUT2D eigenvalue weighted by Crippen LogP contribution is -2.48. The lowest BCUT2D eigenvalue weighted by Gasteiger charge is -2.44. The largest absolute Gasteiger partial charge is 0.316 e. The van der Waals surface area contributed by atoms with Gasteiger partial charge in [0, 0.05) is 19.6 Å². The standard InChI is InChI=1S/C18H36N2/c1-4-11-18(3,14-19-5-2)15-20-12-10-16-8-6-7-9-17(16)13-20/h16-17,19H,4-15H2,1-3H3. The zero-order chi connectivity index (χ0) is 14.4. The van der Waals surface area contributed by atoms with Gasteiger partial charge in [-0.2, -0.15) is 0 Å². The Labute approximate surface area is 126 Å². The van der Waals surface area contributed by atoms with Crippen molar-refractivity contribution in [2.75, 3.05) is 32.7 Å². The van der Waals surface area contributed by atoms with Crippen molar-refractivity contribution in [1.82, 2.24) is 10.2 Å². The quantitative estimate of drug-likeness (QED) is 0.760. The third kappa shape index (κ3) is 4.46. The summed E-state index contributed by atoms with van der Waals surface area (Å²) >= 11 is 0. The first kappa shape index (κ1) is 16.3. The minimum absolute atomic E-state index is 0.465. The Hall–Kier alpha value is -0.0800. The molecule has 118 valence electrons. The van der Waals surface area contributed by atoms with Crippen LogP contribution in [0.15, 0.2) is 0 Å². The Kier molecular flexibility index (Phi) is 6.35. The molecule has 2 nitrogen and oxygen atoms in total. The lowest BCUT2D eigenvalue weighted by molar-refractivity contribution is 0.0531. The monoisotopic (exact) mass is 280 g/mol. The van der Waals surface area contributed by atoms with Crippen LogP contribution in [-0.4, -0.2) is 37.6 Å². The maximum absolute atomic E-state index is 3.59. The predicted octanol–water partition coefficient (Wildman–Crippen LogP) is 3.91. The van der Waals surface area contributed by atoms with Crippen molar-refractivity contribution in [1.29, 1.82) is 0 Å². The first-order valence-electron chi connectivity index (χ1n) is 9.10. The highest BCUT2D eigenvalue weighted by atomic mass is 15.1. The number of nitrogens with zero attached hydrogens (tertiary/aromatic N) is 1. The zero-order valence-electron chi connectivity index (χ0n) is 14.1. The van der Waals surface area contributed by atoms with E-state index in [4.69, 9.17) is 0 Å². The Morgan fingerprint density at radius 1 is 1.10 bits per heavy atom. The van der Waals surface area contributed by atoms with Crippen LogP contribution < -0.4 is 5.32 Å². The maximum atomic E-state index is 3.59. The van der Waals surface area contributed by atoms with Crippen LogP contribution in [0.25, 0.3) is 0 Å². The van der Waals surface area contributed by atoms with Gasteiger partial charge in [0.2, 0.25) is 0 Å². The number of likely N-dealkylation sites (tertiary alicyclic amines) is 1. The second-order valence-electron chi connectivity index (χ2n) is 7.67. The third-order valence-electron chi connectivity index (χ3n) is 5.64. The molecule has 1 N–H and O–H groups in total. The van der Waals surface area contributed by atoms with E-state index in [0.717, 1.165) is 18.4 Å². The Morgan fingerprint density at radius 2 is 1.85 bits per heavy atom. The van der Waals surface area contributed by atoms with Gasteiger partial charge in [-0.15, -0.1) is 0 Å². The highest BCUT2D eigenvalue weighted by molar-refractivity contribution is 4.87. The number of fused-ring (bicyclic) bond motifs is 1. The molecule has 1 saturated carbocycles. The summed E-state index contributed by atoms with van der Waals surface area (Å²) in [5, 5.41) is 3.59. The minimum atomic E-state index is 0.465. The number of hydrogen-bond acceptors (Lipinski definition) is 2. The first-order valence-corrected chi connectivity index (χ1v) is 9.10. The summed E-state index contributed by atoms with van der Waals surface area (Å²) in [5.74, 6) is 2.08. The van der Waals surface area contributed by atoms with Crippen molar-refractivity contribution >= 4 is 0 Å². The van der Waals surface area contributed by atoms with Crippen LogP contribution in [0.5, 0.6) is 0 Å². The average molecular weight is 280 g/mol. The molecule has 0 bridgehead atoms. The van der Waals surface area contributed by atoms with Crippen LogP contribution in [0.1, 0.15) is 65.7 Å². The Morgan fingerprint density at radius 3 is 2.55 bits per heavy atom. The van der Waals surface area contributed by atoms with E-state index in [9.17, 15) is 0 Å². The fourth-order valence-corrected chi connectivity index (χ4v) is 4.61. The fraction of sp³-hybridized carbons (Fsp3) is 1.00. The average Bonchev–Trinajstić information content (AvgIpc) is 2.45. The molecular weight excluding hydrogens is 244 g/mol. The third-order valence-corrected chi connectivity index (χ3v) is 5.64. The highest BCUT2D eigenvalue weighted by Crippen LogP contribution is 2.37. The second-order valence-corrected chi connectivity index (χ2v) is 7.67. The molecule has 2 rings (SSSR count). The van der Waals surface area contributed by atoms with E-state index < -0.39 is 0 Å². The maximum Gasteiger partial charge on any atom is 0.00476 e. The Balaban J connectivity index is 1.86. The van der Waals surface area contributed by atoms with Crippen LogP contribution >= 0.6 is 0 Å². The molecule has 0 aromatic heterocycles. The summed E-state index contributed by atoms with van der Waals surface area (Å²) in [7, 11) is 0. The van der Waals surface area contributed by atoms with E-state index in [0.29, 0.717) is 5.41 Å². The van der Waals surface area contributed by atoms with Crippen molar-refractivity contribution in [3.05, 3.63) is 0 Å². The lowest BCUT2D eigenvalue weighted by atomic mass is 9.74. The van der Waals surface area contributed by atoms with Gasteiger partial charge in [-0.3, -0.25) is 0 Å². The Bertz CT molecular complexity index is 279. The summed E-state index contributed by atoms with van der Waals surface area (Å²) in [6.07, 6.45) is 10.1. The fourth-order valence-electron chi connectivity index (χ4n) is 4.61. The summed E-state index contributed by atoms with van der Waals surface area (Å²) in [4.78, 5) is 2.79. The van der Waals surface area contributed by atoms with Gasteiger partial charge < -0.3 is 10.2 Å². The van der Waals surface area contributed by atoms with Gasteiger partial charge in [-0.25, -0.2) is 0 Å². The van der Waals surface area contributed by atoms with Gasteiger partial charge in [0.25, 0.3) is 0 Å². The number of hydrogen-bond donors (Lipinski definition) is 1. The van der Waals surface area contributed by atoms with Crippen molar-refractivity contribution < 1.29 is 0 Å². The van der Waals surface area contributed by atoms with Crippen molar-refractivity contribution in [2.45, 2.75) is 65.7 Å². The van der Waals surface area contributed by atoms with Gasteiger partial charge in [-0.1, -0.05) is 46.5 Å².